The van der Waals surface area contributed by atoms with Crippen molar-refractivity contribution < 1.29 is 63.4 Å². The molecule has 0 bridgehead atoms. The molecule has 1 aromatic heterocycles. The minimum Gasteiger partial charge on any atom is -0.440 e. The summed E-state index contributed by atoms with van der Waals surface area (Å²) < 4.78 is 119. The van der Waals surface area contributed by atoms with Crippen LogP contribution in [0.15, 0.2) is 6.20 Å². The van der Waals surface area contributed by atoms with Crippen LogP contribution in [0.5, 0.6) is 0 Å². The van der Waals surface area contributed by atoms with Gasteiger partial charge in [-0.3, -0.25) is 9.48 Å². The fraction of sp³-hybridized carbons (Fsp3) is 0.727. The first-order chi connectivity index (χ1) is 19.3. The highest BCUT2D eigenvalue weighted by Crippen LogP contribution is 2.30. The first kappa shape index (κ1) is 37.9. The number of halogens is 10. The zero-order valence-electron chi connectivity index (χ0n) is 22.5. The third-order valence-electron chi connectivity index (χ3n) is 6.05. The van der Waals surface area contributed by atoms with Crippen LogP contribution < -0.4 is 11.1 Å². The SMILES string of the molecule is Cl.Cn1cc(C(=O)NC[C@@H]2CCCN2C(=O)OCC(F)(F)F)c(C(F)(F)F)n1.NC[C@@H]1CCCN1C(=O)OCC(F)(F)F. The van der Waals surface area contributed by atoms with Gasteiger partial charge in [0.1, 0.15) is 0 Å². The minimum absolute atomic E-state index is 0. The summed E-state index contributed by atoms with van der Waals surface area (Å²) in [4.78, 5) is 37.3. The molecule has 2 saturated heterocycles. The Morgan fingerprint density at radius 3 is 1.81 bits per heavy atom. The smallest absolute Gasteiger partial charge is 0.435 e. The molecular formula is C22H30ClF9N6O5. The lowest BCUT2D eigenvalue weighted by Gasteiger charge is -2.24. The standard InChI is InChI=1S/C14H16F6N4O3.C8H13F3N2O2.ClH/c1-23-6-9(10(22-23)14(18,19)20)11(25)21-5-8-3-2-4-24(8)12(26)27-7-13(15,16)17;9-8(10,11)5-15-7(14)13-3-1-2-6(13)4-12;/h6,8H,2-5,7H2,1H3,(H,21,25);6H,1-5,12H2;1H/t8-;6-;/m00./s1. The fourth-order valence-corrected chi connectivity index (χ4v) is 4.23. The average Bonchev–Trinajstić information content (AvgIpc) is 3.62. The lowest BCUT2D eigenvalue weighted by molar-refractivity contribution is -0.163. The van der Waals surface area contributed by atoms with E-state index < -0.39 is 67.1 Å². The van der Waals surface area contributed by atoms with Crippen molar-refractivity contribution in [1.82, 2.24) is 24.9 Å². The van der Waals surface area contributed by atoms with E-state index in [-0.39, 0.29) is 38.1 Å². The lowest BCUT2D eigenvalue weighted by atomic mass is 10.2. The Labute approximate surface area is 245 Å². The van der Waals surface area contributed by atoms with Crippen molar-refractivity contribution in [2.75, 3.05) is 39.4 Å². The molecule has 0 radical (unpaired) electrons. The topological polar surface area (TPSA) is 132 Å². The summed E-state index contributed by atoms with van der Waals surface area (Å²) in [6, 6.07) is -0.869. The van der Waals surface area contributed by atoms with Gasteiger partial charge in [0, 0.05) is 45.5 Å². The van der Waals surface area contributed by atoms with Gasteiger partial charge in [0.05, 0.1) is 11.6 Å². The third kappa shape index (κ3) is 12.2. The number of aryl methyl sites for hydroxylation is 1. The van der Waals surface area contributed by atoms with Crippen molar-refractivity contribution in [3.8, 4) is 0 Å². The quantitative estimate of drug-likeness (QED) is 0.442. The third-order valence-corrected chi connectivity index (χ3v) is 6.05. The maximum atomic E-state index is 12.9. The van der Waals surface area contributed by atoms with Crippen LogP contribution in [0, 0.1) is 0 Å². The summed E-state index contributed by atoms with van der Waals surface area (Å²) in [5, 5.41) is 5.47. The second-order valence-electron chi connectivity index (χ2n) is 9.33. The molecule has 3 rings (SSSR count). The monoisotopic (exact) mass is 664 g/mol. The Morgan fingerprint density at radius 1 is 0.907 bits per heavy atom. The van der Waals surface area contributed by atoms with Crippen molar-refractivity contribution in [1.29, 1.82) is 0 Å². The van der Waals surface area contributed by atoms with Crippen LogP contribution in [0.1, 0.15) is 41.7 Å². The zero-order valence-corrected chi connectivity index (χ0v) is 23.3. The predicted molar refractivity (Wildman–Crippen MR) is 131 cm³/mol. The molecule has 2 fully saturated rings. The Bertz CT molecular complexity index is 1080. The highest BCUT2D eigenvalue weighted by atomic mass is 35.5. The van der Waals surface area contributed by atoms with Gasteiger partial charge >= 0.3 is 30.7 Å². The molecular weight excluding hydrogens is 635 g/mol. The summed E-state index contributed by atoms with van der Waals surface area (Å²) >= 11 is 0. The van der Waals surface area contributed by atoms with Crippen molar-refractivity contribution in [3.05, 3.63) is 17.5 Å². The number of amides is 3. The van der Waals surface area contributed by atoms with E-state index in [1.54, 1.807) is 0 Å². The molecule has 3 N–H and O–H groups in total. The van der Waals surface area contributed by atoms with Crippen molar-refractivity contribution in [2.45, 2.75) is 56.3 Å². The molecule has 2 atom stereocenters. The van der Waals surface area contributed by atoms with Gasteiger partial charge in [0.15, 0.2) is 18.9 Å². The van der Waals surface area contributed by atoms with Crippen molar-refractivity contribution >= 4 is 30.5 Å². The van der Waals surface area contributed by atoms with E-state index in [1.807, 2.05) is 0 Å². The molecule has 3 amide bonds. The summed E-state index contributed by atoms with van der Waals surface area (Å²) in [5.74, 6) is -1.05. The number of carbonyl (C=O) groups excluding carboxylic acids is 3. The summed E-state index contributed by atoms with van der Waals surface area (Å²) in [5.41, 5.74) is 3.33. The van der Waals surface area contributed by atoms with Crippen LogP contribution in [0.3, 0.4) is 0 Å². The van der Waals surface area contributed by atoms with Gasteiger partial charge in [-0.2, -0.15) is 44.6 Å². The van der Waals surface area contributed by atoms with Gasteiger partial charge in [-0.1, -0.05) is 0 Å². The maximum absolute atomic E-state index is 12.9. The number of carbonyl (C=O) groups is 3. The average molecular weight is 665 g/mol. The first-order valence-electron chi connectivity index (χ1n) is 12.4. The normalized spacial score (nSPS) is 18.9. The fourth-order valence-electron chi connectivity index (χ4n) is 4.23. The summed E-state index contributed by atoms with van der Waals surface area (Å²) in [7, 11) is 1.22. The molecule has 0 aromatic carbocycles. The molecule has 0 spiro atoms. The summed E-state index contributed by atoms with van der Waals surface area (Å²) in [6.45, 7) is -2.73. The lowest BCUT2D eigenvalue weighted by Crippen LogP contribution is -2.44. The predicted octanol–water partition coefficient (Wildman–Crippen LogP) is 3.86. The van der Waals surface area contributed by atoms with E-state index in [9.17, 15) is 53.9 Å². The maximum Gasteiger partial charge on any atom is 0.435 e. The second-order valence-corrected chi connectivity index (χ2v) is 9.33. The van der Waals surface area contributed by atoms with Gasteiger partial charge in [-0.05, 0) is 25.7 Å². The van der Waals surface area contributed by atoms with Gasteiger partial charge < -0.3 is 30.3 Å². The van der Waals surface area contributed by atoms with Crippen molar-refractivity contribution in [2.24, 2.45) is 12.8 Å². The molecule has 2 aliphatic heterocycles. The van der Waals surface area contributed by atoms with E-state index in [4.69, 9.17) is 5.73 Å². The number of nitrogens with two attached hydrogens (primary N) is 1. The number of nitrogens with zero attached hydrogens (tertiary/aromatic N) is 4. The largest absolute Gasteiger partial charge is 0.440 e. The van der Waals surface area contributed by atoms with Crippen LogP contribution in [0.2, 0.25) is 0 Å². The molecule has 43 heavy (non-hydrogen) atoms. The number of alkyl halides is 9. The van der Waals surface area contributed by atoms with Crippen LogP contribution in [0.25, 0.3) is 0 Å². The molecule has 248 valence electrons. The highest BCUT2D eigenvalue weighted by Gasteiger charge is 2.40. The Hall–Kier alpha value is -3.16. The van der Waals surface area contributed by atoms with E-state index in [0.29, 0.717) is 19.4 Å². The van der Waals surface area contributed by atoms with Crippen molar-refractivity contribution in [3.63, 3.8) is 0 Å². The molecule has 2 aliphatic rings. The van der Waals surface area contributed by atoms with Crippen LogP contribution in [-0.2, 0) is 22.7 Å². The number of hydrogen-bond donors (Lipinski definition) is 2. The Balaban J connectivity index is 0.000000491. The highest BCUT2D eigenvalue weighted by molar-refractivity contribution is 5.95. The Kier molecular flexibility index (Phi) is 13.7. The molecule has 1 aromatic rings. The van der Waals surface area contributed by atoms with Crippen LogP contribution in [0.4, 0.5) is 49.1 Å². The number of hydrogen-bond acceptors (Lipinski definition) is 7. The first-order valence-corrected chi connectivity index (χ1v) is 12.4. The van der Waals surface area contributed by atoms with E-state index in [1.165, 1.54) is 11.9 Å². The Morgan fingerprint density at radius 2 is 1.37 bits per heavy atom. The number of aromatic nitrogens is 2. The number of rotatable bonds is 6. The minimum atomic E-state index is -4.82. The van der Waals surface area contributed by atoms with Crippen LogP contribution >= 0.6 is 12.4 Å². The number of nitrogens with one attached hydrogen (secondary N) is 1. The van der Waals surface area contributed by atoms with Gasteiger partial charge in [0.25, 0.3) is 5.91 Å². The van der Waals surface area contributed by atoms with Gasteiger partial charge in [-0.15, -0.1) is 12.4 Å². The summed E-state index contributed by atoms with van der Waals surface area (Å²) in [6.07, 6.45) is -12.9. The zero-order chi connectivity index (χ0) is 31.9. The van der Waals surface area contributed by atoms with Gasteiger partial charge in [-0.25, -0.2) is 9.59 Å². The van der Waals surface area contributed by atoms with Gasteiger partial charge in [0.2, 0.25) is 0 Å². The molecule has 3 heterocycles. The van der Waals surface area contributed by atoms with Crippen LogP contribution in [-0.4, -0.2) is 102 Å². The molecule has 11 nitrogen and oxygen atoms in total. The second kappa shape index (κ2) is 15.5. The van der Waals surface area contributed by atoms with E-state index >= 15 is 0 Å². The van der Waals surface area contributed by atoms with E-state index in [2.05, 4.69) is 19.9 Å². The molecule has 0 unspecified atom stereocenters. The number of ether oxygens (including phenoxy) is 2. The van der Waals surface area contributed by atoms with E-state index in [0.717, 1.165) is 28.6 Å². The number of likely N-dealkylation sites (tertiary alicyclic amines) is 2. The molecule has 0 saturated carbocycles. The molecule has 21 heteroatoms. The molecule has 0 aliphatic carbocycles.